The molecule has 0 aliphatic carbocycles. The molecule has 158 valence electrons. The van der Waals surface area contributed by atoms with E-state index in [-0.39, 0.29) is 5.91 Å². The first-order chi connectivity index (χ1) is 15.6. The van der Waals surface area contributed by atoms with Crippen LogP contribution in [0.15, 0.2) is 66.9 Å². The number of carbonyl (C=O) groups is 1. The van der Waals surface area contributed by atoms with Gasteiger partial charge in [0.05, 0.1) is 0 Å². The number of benzene rings is 2. The monoisotopic (exact) mass is 503 g/mol. The molecule has 0 spiro atoms. The van der Waals surface area contributed by atoms with Crippen molar-refractivity contribution in [3.05, 3.63) is 78.1 Å². The van der Waals surface area contributed by atoms with Crippen LogP contribution in [0.3, 0.4) is 0 Å². The van der Waals surface area contributed by atoms with E-state index >= 15 is 0 Å². The van der Waals surface area contributed by atoms with Crippen LogP contribution in [0.2, 0.25) is 0 Å². The van der Waals surface area contributed by atoms with E-state index in [1.165, 1.54) is 11.3 Å². The first-order valence-electron chi connectivity index (χ1n) is 9.78. The summed E-state index contributed by atoms with van der Waals surface area (Å²) in [5, 5.41) is 14.0. The zero-order valence-corrected chi connectivity index (χ0v) is 19.9. The summed E-state index contributed by atoms with van der Waals surface area (Å²) in [5.41, 5.74) is 3.32. The van der Waals surface area contributed by atoms with Gasteiger partial charge in [0.2, 0.25) is 0 Å². The first-order valence-corrected chi connectivity index (χ1v) is 12.7. The van der Waals surface area contributed by atoms with Crippen molar-refractivity contribution in [1.29, 1.82) is 0 Å². The van der Waals surface area contributed by atoms with E-state index in [0.29, 0.717) is 16.6 Å². The Morgan fingerprint density at radius 1 is 1.03 bits per heavy atom. The van der Waals surface area contributed by atoms with Crippen LogP contribution in [0, 0.1) is 6.92 Å². The average molecular weight is 503 g/mol. The minimum absolute atomic E-state index is 0.177. The summed E-state index contributed by atoms with van der Waals surface area (Å²) < 4.78 is 3.01. The van der Waals surface area contributed by atoms with Crippen LogP contribution in [0.25, 0.3) is 10.2 Å². The van der Waals surface area contributed by atoms with Crippen molar-refractivity contribution >= 4 is 68.9 Å². The fourth-order valence-electron chi connectivity index (χ4n) is 3.05. The molecule has 3 N–H and O–H groups in total. The Balaban J connectivity index is 1.31. The molecular formula is C22H18AsN7OS. The van der Waals surface area contributed by atoms with E-state index in [1.807, 2.05) is 49.4 Å². The van der Waals surface area contributed by atoms with Crippen molar-refractivity contribution in [3.8, 4) is 0 Å². The topological polar surface area (TPSA) is 108 Å². The van der Waals surface area contributed by atoms with Gasteiger partial charge in [-0.25, -0.2) is 0 Å². The summed E-state index contributed by atoms with van der Waals surface area (Å²) in [5.74, 6) is 0.365. The van der Waals surface area contributed by atoms with E-state index in [4.69, 9.17) is 0 Å². The Labute approximate surface area is 194 Å². The molecule has 0 fully saturated rings. The Hall–Kier alpha value is -3.55. The third-order valence-corrected chi connectivity index (χ3v) is 7.65. The molecule has 0 saturated carbocycles. The number of H-pyrrole nitrogens is 1. The fraction of sp³-hybridized carbons (Fsp3) is 0.0455. The summed E-state index contributed by atoms with van der Waals surface area (Å²) in [7, 11) is 0. The van der Waals surface area contributed by atoms with Crippen molar-refractivity contribution in [1.82, 2.24) is 25.1 Å². The third-order valence-electron chi connectivity index (χ3n) is 4.52. The summed E-state index contributed by atoms with van der Waals surface area (Å²) in [6, 6.07) is 18.9. The number of rotatable bonds is 6. The number of aryl methyl sites for hydroxylation is 1. The van der Waals surface area contributed by atoms with Gasteiger partial charge < -0.3 is 0 Å². The van der Waals surface area contributed by atoms with Crippen LogP contribution in [-0.2, 0) is 0 Å². The number of anilines is 3. The van der Waals surface area contributed by atoms with Gasteiger partial charge in [-0.15, -0.1) is 0 Å². The van der Waals surface area contributed by atoms with Gasteiger partial charge in [0.25, 0.3) is 0 Å². The summed E-state index contributed by atoms with van der Waals surface area (Å²) >= 11 is 0.793. The molecule has 3 aromatic heterocycles. The van der Waals surface area contributed by atoms with Crippen molar-refractivity contribution in [2.45, 2.75) is 6.92 Å². The summed E-state index contributed by atoms with van der Waals surface area (Å²) in [4.78, 5) is 25.9. The Morgan fingerprint density at radius 3 is 2.72 bits per heavy atom. The van der Waals surface area contributed by atoms with Crippen molar-refractivity contribution in [2.75, 3.05) is 10.6 Å². The molecule has 0 aliphatic heterocycles. The molecular weight excluding hydrogens is 485 g/mol. The van der Waals surface area contributed by atoms with Crippen LogP contribution in [0.5, 0.6) is 0 Å². The van der Waals surface area contributed by atoms with E-state index < -0.39 is 15.8 Å². The van der Waals surface area contributed by atoms with E-state index in [0.717, 1.165) is 30.6 Å². The standard InChI is InChI=1S/C22H18AsN7OS/c1-13-11-19(30-29-13)23-18-9-10-24-21(27-18)25-15-7-8-16-17(12-15)32-22(26-16)28-20(31)14-5-3-2-4-6-14/h2-12,23H,1H3,(H,29,30)(H,24,25,27)(H,26,28,31). The minimum atomic E-state index is -0.630. The number of carbonyl (C=O) groups excluding carboxylic acids is 1. The van der Waals surface area contributed by atoms with Crippen LogP contribution >= 0.6 is 11.3 Å². The van der Waals surface area contributed by atoms with Crippen LogP contribution in [-0.4, -0.2) is 46.8 Å². The number of nitrogens with zero attached hydrogens (tertiary/aromatic N) is 4. The number of hydrogen-bond acceptors (Lipinski definition) is 7. The number of fused-ring (bicyclic) bond motifs is 1. The molecule has 0 aliphatic rings. The van der Waals surface area contributed by atoms with Crippen LogP contribution < -0.4 is 19.6 Å². The zero-order chi connectivity index (χ0) is 21.9. The Bertz CT molecular complexity index is 1400. The van der Waals surface area contributed by atoms with Gasteiger partial charge in [-0.2, -0.15) is 0 Å². The van der Waals surface area contributed by atoms with Gasteiger partial charge in [-0.3, -0.25) is 0 Å². The zero-order valence-electron chi connectivity index (χ0n) is 17.0. The Kier molecular flexibility index (Phi) is 5.66. The molecule has 1 atom stereocenters. The van der Waals surface area contributed by atoms with Crippen LogP contribution in [0.1, 0.15) is 16.1 Å². The second-order valence-electron chi connectivity index (χ2n) is 6.97. The van der Waals surface area contributed by atoms with Crippen molar-refractivity contribution in [2.24, 2.45) is 0 Å². The van der Waals surface area contributed by atoms with Crippen molar-refractivity contribution < 1.29 is 4.79 Å². The molecule has 3 heterocycles. The Morgan fingerprint density at radius 2 is 1.91 bits per heavy atom. The number of amides is 1. The molecule has 32 heavy (non-hydrogen) atoms. The molecule has 10 heteroatoms. The molecule has 2 aromatic carbocycles. The fourth-order valence-corrected chi connectivity index (χ4v) is 6.01. The molecule has 0 bridgehead atoms. The first kappa shape index (κ1) is 20.4. The number of aromatic amines is 1. The number of thiazole rings is 1. The van der Waals surface area contributed by atoms with Gasteiger partial charge >= 0.3 is 164 Å². The van der Waals surface area contributed by atoms with E-state index in [1.54, 1.807) is 18.3 Å². The quantitative estimate of drug-likeness (QED) is 0.308. The summed E-state index contributed by atoms with van der Waals surface area (Å²) in [6.07, 6.45) is 1.76. The second kappa shape index (κ2) is 8.90. The molecule has 1 unspecified atom stereocenters. The van der Waals surface area contributed by atoms with Gasteiger partial charge in [0.15, 0.2) is 0 Å². The van der Waals surface area contributed by atoms with Gasteiger partial charge in [0, 0.05) is 0 Å². The number of aromatic nitrogens is 5. The van der Waals surface area contributed by atoms with Gasteiger partial charge in [-0.05, 0) is 12.1 Å². The molecule has 5 aromatic rings. The predicted molar refractivity (Wildman–Crippen MR) is 129 cm³/mol. The van der Waals surface area contributed by atoms with Gasteiger partial charge in [-0.1, -0.05) is 18.2 Å². The SMILES string of the molecule is Cc1cc([AsH]c2ccnc(Nc3ccc4nc(NC(=O)c5ccccc5)sc4c3)n2)n[nH]1. The van der Waals surface area contributed by atoms with E-state index in [9.17, 15) is 4.79 Å². The maximum absolute atomic E-state index is 12.4. The maximum atomic E-state index is 12.4. The molecule has 8 nitrogen and oxygen atoms in total. The van der Waals surface area contributed by atoms with Crippen LogP contribution in [0.4, 0.5) is 16.8 Å². The predicted octanol–water partition coefficient (Wildman–Crippen LogP) is 2.50. The normalized spacial score (nSPS) is 11.3. The van der Waals surface area contributed by atoms with Gasteiger partial charge in [0.1, 0.15) is 0 Å². The molecule has 0 saturated heterocycles. The summed E-state index contributed by atoms with van der Waals surface area (Å²) in [6.45, 7) is 1.99. The molecule has 1 amide bonds. The molecule has 5 rings (SSSR count). The number of hydrogen-bond donors (Lipinski definition) is 3. The van der Waals surface area contributed by atoms with E-state index in [2.05, 4.69) is 41.8 Å². The van der Waals surface area contributed by atoms with Crippen molar-refractivity contribution in [3.63, 3.8) is 0 Å². The third kappa shape index (κ3) is 4.69. The number of nitrogens with one attached hydrogen (secondary N) is 3. The molecule has 0 radical (unpaired) electrons. The average Bonchev–Trinajstić information content (AvgIpc) is 3.39. The second-order valence-corrected chi connectivity index (χ2v) is 10.7.